The summed E-state index contributed by atoms with van der Waals surface area (Å²) in [6.07, 6.45) is 1.56. The van der Waals surface area contributed by atoms with Gasteiger partial charge in [-0.2, -0.15) is 5.10 Å². The van der Waals surface area contributed by atoms with E-state index in [9.17, 15) is 4.79 Å². The van der Waals surface area contributed by atoms with Gasteiger partial charge in [-0.15, -0.1) is 0 Å². The number of hydrogen-bond donors (Lipinski definition) is 0. The molecule has 0 saturated carbocycles. The van der Waals surface area contributed by atoms with Gasteiger partial charge in [0.1, 0.15) is 11.3 Å². The van der Waals surface area contributed by atoms with Gasteiger partial charge in [-0.05, 0) is 25.0 Å². The number of benzene rings is 1. The van der Waals surface area contributed by atoms with Crippen LogP contribution in [0.1, 0.15) is 42.7 Å². The normalized spacial score (nSPS) is 10.7. The number of carbonyl (C=O) groups excluding carboxylic acids is 1. The van der Waals surface area contributed by atoms with E-state index in [2.05, 4.69) is 5.10 Å². The summed E-state index contributed by atoms with van der Waals surface area (Å²) in [5, 5.41) is 4.35. The first-order valence-corrected chi connectivity index (χ1v) is 6.98. The first-order valence-electron chi connectivity index (χ1n) is 6.98. The van der Waals surface area contributed by atoms with Crippen LogP contribution in [0.3, 0.4) is 0 Å². The van der Waals surface area contributed by atoms with Crippen LogP contribution in [0.25, 0.3) is 5.69 Å². The molecule has 0 bridgehead atoms. The van der Waals surface area contributed by atoms with Crippen LogP contribution in [0.5, 0.6) is 5.75 Å². The minimum absolute atomic E-state index is 0.137. The molecule has 0 atom stereocenters. The highest BCUT2D eigenvalue weighted by atomic mass is 16.5. The predicted octanol–water partition coefficient (Wildman–Crippen LogP) is 3.18. The standard InChI is InChI=1S/C16H20N2O3/c1-5-21-16(19)14-10-17-18(15(14)11(2)3)12-7-6-8-13(9-12)20-4/h6-11H,5H2,1-4H3. The Kier molecular flexibility index (Phi) is 4.62. The highest BCUT2D eigenvalue weighted by molar-refractivity contribution is 5.90. The van der Waals surface area contributed by atoms with Crippen molar-refractivity contribution in [1.29, 1.82) is 0 Å². The van der Waals surface area contributed by atoms with E-state index < -0.39 is 0 Å². The van der Waals surface area contributed by atoms with E-state index in [-0.39, 0.29) is 11.9 Å². The van der Waals surface area contributed by atoms with Crippen molar-refractivity contribution in [3.05, 3.63) is 41.7 Å². The molecule has 2 aromatic rings. The SMILES string of the molecule is CCOC(=O)c1cnn(-c2cccc(OC)c2)c1C(C)C. The van der Waals surface area contributed by atoms with Gasteiger partial charge < -0.3 is 9.47 Å². The summed E-state index contributed by atoms with van der Waals surface area (Å²) in [5.41, 5.74) is 2.20. The number of nitrogens with zero attached hydrogens (tertiary/aromatic N) is 2. The molecule has 0 spiro atoms. The lowest BCUT2D eigenvalue weighted by Gasteiger charge is -2.13. The van der Waals surface area contributed by atoms with Crippen molar-refractivity contribution < 1.29 is 14.3 Å². The van der Waals surface area contributed by atoms with Gasteiger partial charge in [0.05, 0.1) is 31.3 Å². The maximum atomic E-state index is 12.0. The second-order valence-corrected chi connectivity index (χ2v) is 4.93. The molecule has 0 saturated heterocycles. The van der Waals surface area contributed by atoms with Crippen molar-refractivity contribution in [2.45, 2.75) is 26.7 Å². The van der Waals surface area contributed by atoms with Crippen LogP contribution < -0.4 is 4.74 Å². The summed E-state index contributed by atoms with van der Waals surface area (Å²) < 4.78 is 12.1. The van der Waals surface area contributed by atoms with Crippen molar-refractivity contribution in [3.8, 4) is 11.4 Å². The van der Waals surface area contributed by atoms with Crippen LogP contribution in [0, 0.1) is 0 Å². The minimum Gasteiger partial charge on any atom is -0.497 e. The largest absolute Gasteiger partial charge is 0.497 e. The second-order valence-electron chi connectivity index (χ2n) is 4.93. The van der Waals surface area contributed by atoms with Crippen molar-refractivity contribution in [1.82, 2.24) is 9.78 Å². The summed E-state index contributed by atoms with van der Waals surface area (Å²) >= 11 is 0. The van der Waals surface area contributed by atoms with E-state index in [1.807, 2.05) is 38.1 Å². The molecule has 0 aliphatic heterocycles. The summed E-state index contributed by atoms with van der Waals surface area (Å²) in [6, 6.07) is 7.57. The summed E-state index contributed by atoms with van der Waals surface area (Å²) in [5.74, 6) is 0.545. The van der Waals surface area contributed by atoms with Gasteiger partial charge in [-0.3, -0.25) is 0 Å². The smallest absolute Gasteiger partial charge is 0.341 e. The fourth-order valence-corrected chi connectivity index (χ4v) is 2.23. The fraction of sp³-hybridized carbons (Fsp3) is 0.375. The fourth-order valence-electron chi connectivity index (χ4n) is 2.23. The predicted molar refractivity (Wildman–Crippen MR) is 80.2 cm³/mol. The quantitative estimate of drug-likeness (QED) is 0.793. The van der Waals surface area contributed by atoms with Crippen molar-refractivity contribution in [2.24, 2.45) is 0 Å². The van der Waals surface area contributed by atoms with Gasteiger partial charge in [-0.1, -0.05) is 19.9 Å². The lowest BCUT2D eigenvalue weighted by Crippen LogP contribution is -2.11. The van der Waals surface area contributed by atoms with Crippen LogP contribution in [-0.2, 0) is 4.74 Å². The Morgan fingerprint density at radius 3 is 2.76 bits per heavy atom. The maximum Gasteiger partial charge on any atom is 0.341 e. The molecule has 0 aliphatic rings. The summed E-state index contributed by atoms with van der Waals surface area (Å²) in [4.78, 5) is 12.0. The van der Waals surface area contributed by atoms with E-state index in [1.165, 1.54) is 0 Å². The molecule has 112 valence electrons. The Balaban J connectivity index is 2.51. The highest BCUT2D eigenvalue weighted by Crippen LogP contribution is 2.25. The number of hydrogen-bond acceptors (Lipinski definition) is 4. The van der Waals surface area contributed by atoms with E-state index in [1.54, 1.807) is 24.9 Å². The maximum absolute atomic E-state index is 12.0. The Hall–Kier alpha value is -2.30. The first-order chi connectivity index (χ1) is 10.1. The average molecular weight is 288 g/mol. The topological polar surface area (TPSA) is 53.3 Å². The Morgan fingerprint density at radius 2 is 2.14 bits per heavy atom. The summed E-state index contributed by atoms with van der Waals surface area (Å²) in [6.45, 7) is 6.19. The summed E-state index contributed by atoms with van der Waals surface area (Å²) in [7, 11) is 1.62. The number of aromatic nitrogens is 2. The Morgan fingerprint density at radius 1 is 1.38 bits per heavy atom. The number of rotatable bonds is 5. The molecule has 5 heteroatoms. The van der Waals surface area contributed by atoms with Crippen LogP contribution in [0.15, 0.2) is 30.5 Å². The van der Waals surface area contributed by atoms with Gasteiger partial charge in [0.15, 0.2) is 0 Å². The average Bonchev–Trinajstić information content (AvgIpc) is 2.92. The van der Waals surface area contributed by atoms with E-state index in [0.29, 0.717) is 12.2 Å². The third kappa shape index (κ3) is 3.07. The zero-order chi connectivity index (χ0) is 15.4. The Labute approximate surface area is 124 Å². The molecular weight excluding hydrogens is 268 g/mol. The molecule has 21 heavy (non-hydrogen) atoms. The van der Waals surface area contributed by atoms with Crippen molar-refractivity contribution in [2.75, 3.05) is 13.7 Å². The molecule has 0 N–H and O–H groups in total. The van der Waals surface area contributed by atoms with Gasteiger partial charge in [0.25, 0.3) is 0 Å². The Bertz CT molecular complexity index is 632. The van der Waals surface area contributed by atoms with Crippen molar-refractivity contribution >= 4 is 5.97 Å². The molecule has 1 aromatic heterocycles. The molecule has 0 radical (unpaired) electrons. The number of methoxy groups -OCH3 is 1. The zero-order valence-corrected chi connectivity index (χ0v) is 12.8. The molecule has 5 nitrogen and oxygen atoms in total. The van der Waals surface area contributed by atoms with Crippen molar-refractivity contribution in [3.63, 3.8) is 0 Å². The monoisotopic (exact) mass is 288 g/mol. The van der Waals surface area contributed by atoms with Crippen LogP contribution in [-0.4, -0.2) is 29.5 Å². The zero-order valence-electron chi connectivity index (χ0n) is 12.8. The molecular formula is C16H20N2O3. The van der Waals surface area contributed by atoms with Crippen LogP contribution in [0.2, 0.25) is 0 Å². The first kappa shape index (κ1) is 15.1. The van der Waals surface area contributed by atoms with Crippen LogP contribution >= 0.6 is 0 Å². The molecule has 2 rings (SSSR count). The highest BCUT2D eigenvalue weighted by Gasteiger charge is 2.21. The number of carbonyl (C=O) groups is 1. The number of esters is 1. The molecule has 1 heterocycles. The molecule has 0 amide bonds. The third-order valence-electron chi connectivity index (χ3n) is 3.15. The molecule has 1 aromatic carbocycles. The van der Waals surface area contributed by atoms with E-state index in [0.717, 1.165) is 17.1 Å². The van der Waals surface area contributed by atoms with Gasteiger partial charge in [0.2, 0.25) is 0 Å². The minimum atomic E-state index is -0.338. The molecule has 0 aliphatic carbocycles. The van der Waals surface area contributed by atoms with E-state index in [4.69, 9.17) is 9.47 Å². The lowest BCUT2D eigenvalue weighted by atomic mass is 10.1. The molecule has 0 unspecified atom stereocenters. The van der Waals surface area contributed by atoms with Gasteiger partial charge in [-0.25, -0.2) is 9.48 Å². The molecule has 0 fully saturated rings. The second kappa shape index (κ2) is 6.43. The van der Waals surface area contributed by atoms with E-state index >= 15 is 0 Å². The van der Waals surface area contributed by atoms with Gasteiger partial charge in [0, 0.05) is 6.07 Å². The third-order valence-corrected chi connectivity index (χ3v) is 3.15. The van der Waals surface area contributed by atoms with Crippen LogP contribution in [0.4, 0.5) is 0 Å². The van der Waals surface area contributed by atoms with Gasteiger partial charge >= 0.3 is 5.97 Å². The number of ether oxygens (including phenoxy) is 2. The lowest BCUT2D eigenvalue weighted by molar-refractivity contribution is 0.0524.